The lowest BCUT2D eigenvalue weighted by Crippen LogP contribution is -2.48. The first-order valence-corrected chi connectivity index (χ1v) is 8.37. The number of nitrogens with zero attached hydrogens (tertiary/aromatic N) is 3. The third kappa shape index (κ3) is 2.84. The molecule has 2 aliphatic heterocycles. The number of para-hydroxylation sites is 2. The summed E-state index contributed by atoms with van der Waals surface area (Å²) >= 11 is 0. The predicted octanol–water partition coefficient (Wildman–Crippen LogP) is 1.97. The van der Waals surface area contributed by atoms with Crippen LogP contribution in [0.4, 0.5) is 0 Å². The van der Waals surface area contributed by atoms with Gasteiger partial charge < -0.3 is 14.4 Å². The number of carbonyl (C=O) groups is 1. The van der Waals surface area contributed by atoms with E-state index in [2.05, 4.69) is 11.2 Å². The number of ether oxygens (including phenoxy) is 2. The first-order valence-electron chi connectivity index (χ1n) is 8.37. The Morgan fingerprint density at radius 2 is 1.92 bits per heavy atom. The van der Waals surface area contributed by atoms with Crippen LogP contribution in [0.1, 0.15) is 24.5 Å². The zero-order valence-corrected chi connectivity index (χ0v) is 13.7. The van der Waals surface area contributed by atoms with Crippen molar-refractivity contribution in [3.8, 4) is 11.5 Å². The van der Waals surface area contributed by atoms with Crippen molar-refractivity contribution in [3.05, 3.63) is 42.2 Å². The van der Waals surface area contributed by atoms with E-state index in [9.17, 15) is 4.79 Å². The molecule has 6 nitrogen and oxygen atoms in total. The summed E-state index contributed by atoms with van der Waals surface area (Å²) in [5, 5.41) is 4.49. The largest absolute Gasteiger partial charge is 0.485 e. The molecule has 24 heavy (non-hydrogen) atoms. The molecule has 0 aliphatic carbocycles. The number of amides is 1. The van der Waals surface area contributed by atoms with Gasteiger partial charge >= 0.3 is 0 Å². The first kappa shape index (κ1) is 15.1. The third-order valence-electron chi connectivity index (χ3n) is 4.74. The standard InChI is InChI=1S/C18H21N3O3/c1-20-9-8-14(19-20)13-6-10-21(11-7-13)18(22)17-12-23-15-4-2-3-5-16(15)24-17/h2-5,8-9,13,17H,6-7,10-12H2,1H3/t17-/m1/s1. The summed E-state index contributed by atoms with van der Waals surface area (Å²) in [5.74, 6) is 1.80. The van der Waals surface area contributed by atoms with Crippen LogP contribution in [0.15, 0.2) is 36.5 Å². The fourth-order valence-corrected chi connectivity index (χ4v) is 3.39. The highest BCUT2D eigenvalue weighted by Gasteiger charge is 2.33. The van der Waals surface area contributed by atoms with E-state index in [1.807, 2.05) is 47.1 Å². The maximum Gasteiger partial charge on any atom is 0.267 e. The average molecular weight is 327 g/mol. The van der Waals surface area contributed by atoms with Crippen LogP contribution in [0.2, 0.25) is 0 Å². The highest BCUT2D eigenvalue weighted by molar-refractivity contribution is 5.82. The lowest BCUT2D eigenvalue weighted by atomic mass is 9.93. The Labute approximate surface area is 141 Å². The number of hydrogen-bond donors (Lipinski definition) is 0. The number of fused-ring (bicyclic) bond motifs is 1. The molecule has 0 saturated carbocycles. The van der Waals surface area contributed by atoms with E-state index in [0.29, 0.717) is 17.4 Å². The third-order valence-corrected chi connectivity index (χ3v) is 4.74. The molecule has 1 saturated heterocycles. The van der Waals surface area contributed by atoms with E-state index in [1.165, 1.54) is 0 Å². The fourth-order valence-electron chi connectivity index (χ4n) is 3.39. The van der Waals surface area contributed by atoms with Gasteiger partial charge in [-0.2, -0.15) is 5.10 Å². The van der Waals surface area contributed by atoms with E-state index in [4.69, 9.17) is 9.47 Å². The van der Waals surface area contributed by atoms with Gasteiger partial charge in [-0.15, -0.1) is 0 Å². The van der Waals surface area contributed by atoms with Crippen LogP contribution in [-0.4, -0.2) is 46.4 Å². The molecular weight excluding hydrogens is 306 g/mol. The number of rotatable bonds is 2. The molecule has 2 aromatic rings. The number of likely N-dealkylation sites (tertiary alicyclic amines) is 1. The van der Waals surface area contributed by atoms with Crippen LogP contribution < -0.4 is 9.47 Å². The first-order chi connectivity index (χ1) is 11.7. The Kier molecular flexibility index (Phi) is 3.88. The molecular formula is C18H21N3O3. The Balaban J connectivity index is 1.37. The van der Waals surface area contributed by atoms with Gasteiger partial charge in [0.1, 0.15) is 6.61 Å². The van der Waals surface area contributed by atoms with Crippen molar-refractivity contribution in [1.29, 1.82) is 0 Å². The summed E-state index contributed by atoms with van der Waals surface area (Å²) in [6.45, 7) is 1.75. The van der Waals surface area contributed by atoms with Gasteiger partial charge in [0.05, 0.1) is 5.69 Å². The molecule has 1 amide bonds. The Morgan fingerprint density at radius 3 is 2.62 bits per heavy atom. The van der Waals surface area contributed by atoms with Gasteiger partial charge in [0, 0.05) is 32.3 Å². The van der Waals surface area contributed by atoms with E-state index < -0.39 is 6.10 Å². The topological polar surface area (TPSA) is 56.6 Å². The number of carbonyl (C=O) groups excluding carboxylic acids is 1. The summed E-state index contributed by atoms with van der Waals surface area (Å²) in [4.78, 5) is 14.6. The summed E-state index contributed by atoms with van der Waals surface area (Å²) in [6.07, 6.45) is 3.29. The fraction of sp³-hybridized carbons (Fsp3) is 0.444. The molecule has 1 aromatic heterocycles. The van der Waals surface area contributed by atoms with Gasteiger partial charge in [-0.3, -0.25) is 9.48 Å². The minimum atomic E-state index is -0.550. The van der Waals surface area contributed by atoms with Crippen molar-refractivity contribution in [2.75, 3.05) is 19.7 Å². The van der Waals surface area contributed by atoms with Crippen molar-refractivity contribution in [3.63, 3.8) is 0 Å². The Hall–Kier alpha value is -2.50. The molecule has 1 aromatic carbocycles. The van der Waals surface area contributed by atoms with Crippen LogP contribution in [0.3, 0.4) is 0 Å². The molecule has 1 fully saturated rings. The van der Waals surface area contributed by atoms with Crippen molar-refractivity contribution < 1.29 is 14.3 Å². The Morgan fingerprint density at radius 1 is 1.17 bits per heavy atom. The molecule has 6 heteroatoms. The molecule has 0 bridgehead atoms. The zero-order chi connectivity index (χ0) is 16.5. The second-order valence-corrected chi connectivity index (χ2v) is 6.38. The number of aryl methyl sites for hydroxylation is 1. The van der Waals surface area contributed by atoms with Gasteiger partial charge in [-0.05, 0) is 31.0 Å². The minimum absolute atomic E-state index is 0.0176. The second-order valence-electron chi connectivity index (χ2n) is 6.38. The van der Waals surface area contributed by atoms with Gasteiger partial charge in [-0.25, -0.2) is 0 Å². The molecule has 0 unspecified atom stereocenters. The van der Waals surface area contributed by atoms with Crippen LogP contribution >= 0.6 is 0 Å². The summed E-state index contributed by atoms with van der Waals surface area (Å²) in [6, 6.07) is 9.54. The van der Waals surface area contributed by atoms with Gasteiger partial charge in [0.2, 0.25) is 6.10 Å². The molecule has 2 aliphatic rings. The summed E-state index contributed by atoms with van der Waals surface area (Å²) in [5.41, 5.74) is 1.12. The number of benzene rings is 1. The maximum atomic E-state index is 12.7. The lowest BCUT2D eigenvalue weighted by Gasteiger charge is -2.35. The second kappa shape index (κ2) is 6.19. The minimum Gasteiger partial charge on any atom is -0.485 e. The molecule has 0 N–H and O–H groups in total. The summed E-state index contributed by atoms with van der Waals surface area (Å²) < 4.78 is 13.3. The molecule has 0 spiro atoms. The zero-order valence-electron chi connectivity index (χ0n) is 13.7. The van der Waals surface area contributed by atoms with Crippen molar-refractivity contribution >= 4 is 5.91 Å². The highest BCUT2D eigenvalue weighted by Crippen LogP contribution is 2.32. The van der Waals surface area contributed by atoms with E-state index in [1.54, 1.807) is 0 Å². The van der Waals surface area contributed by atoms with Crippen LogP contribution in [0.5, 0.6) is 11.5 Å². The number of hydrogen-bond acceptors (Lipinski definition) is 4. The lowest BCUT2D eigenvalue weighted by molar-refractivity contribution is -0.142. The normalized spacial score (nSPS) is 20.9. The quantitative estimate of drug-likeness (QED) is 0.846. The number of piperidine rings is 1. The smallest absolute Gasteiger partial charge is 0.267 e. The van der Waals surface area contributed by atoms with E-state index in [0.717, 1.165) is 31.6 Å². The van der Waals surface area contributed by atoms with E-state index in [-0.39, 0.29) is 12.5 Å². The van der Waals surface area contributed by atoms with Gasteiger partial charge in [0.25, 0.3) is 5.91 Å². The van der Waals surface area contributed by atoms with Crippen molar-refractivity contribution in [2.45, 2.75) is 24.9 Å². The monoisotopic (exact) mass is 327 g/mol. The molecule has 1 atom stereocenters. The molecule has 4 rings (SSSR count). The van der Waals surface area contributed by atoms with E-state index >= 15 is 0 Å². The van der Waals surface area contributed by atoms with Crippen LogP contribution in [-0.2, 0) is 11.8 Å². The highest BCUT2D eigenvalue weighted by atomic mass is 16.6. The molecule has 3 heterocycles. The summed E-state index contributed by atoms with van der Waals surface area (Å²) in [7, 11) is 1.93. The SMILES string of the molecule is Cn1ccc(C2CCN(C(=O)[C@H]3COc4ccccc4O3)CC2)n1. The molecule has 126 valence electrons. The van der Waals surface area contributed by atoms with Crippen LogP contribution in [0, 0.1) is 0 Å². The van der Waals surface area contributed by atoms with Crippen LogP contribution in [0.25, 0.3) is 0 Å². The molecule has 0 radical (unpaired) electrons. The van der Waals surface area contributed by atoms with Crippen molar-refractivity contribution in [1.82, 2.24) is 14.7 Å². The number of aromatic nitrogens is 2. The predicted molar refractivity (Wildman–Crippen MR) is 88.1 cm³/mol. The average Bonchev–Trinajstić information content (AvgIpc) is 3.07. The van der Waals surface area contributed by atoms with Crippen molar-refractivity contribution in [2.24, 2.45) is 7.05 Å². The maximum absolute atomic E-state index is 12.7. The Bertz CT molecular complexity index is 735. The van der Waals surface area contributed by atoms with Gasteiger partial charge in [0.15, 0.2) is 11.5 Å². The van der Waals surface area contributed by atoms with Gasteiger partial charge in [-0.1, -0.05) is 12.1 Å².